The number of hydrazone groups is 1. The summed E-state index contributed by atoms with van der Waals surface area (Å²) in [5, 5.41) is 4.18. The Balaban J connectivity index is 1.82. The van der Waals surface area contributed by atoms with Crippen molar-refractivity contribution in [3.8, 4) is 11.5 Å². The largest absolute Gasteiger partial charge is 0.493 e. The zero-order chi connectivity index (χ0) is 18.7. The number of aromatic nitrogens is 2. The molecule has 0 saturated heterocycles. The molecule has 2 heterocycles. The van der Waals surface area contributed by atoms with Crippen molar-refractivity contribution in [3.05, 3.63) is 59.5 Å². The number of hydrogen-bond acceptors (Lipinski definition) is 5. The van der Waals surface area contributed by atoms with Crippen molar-refractivity contribution in [2.45, 2.75) is 13.8 Å². The maximum atomic E-state index is 12.5. The van der Waals surface area contributed by atoms with Crippen LogP contribution in [0, 0.1) is 6.92 Å². The van der Waals surface area contributed by atoms with Gasteiger partial charge in [-0.25, -0.2) is 10.4 Å². The van der Waals surface area contributed by atoms with Crippen molar-refractivity contribution in [3.63, 3.8) is 0 Å². The number of rotatable bonds is 5. The Hall–Kier alpha value is -3.35. The highest BCUT2D eigenvalue weighted by atomic mass is 16.5. The second-order valence-electron chi connectivity index (χ2n) is 5.68. The molecule has 1 N–H and O–H groups in total. The Kier molecular flexibility index (Phi) is 4.88. The van der Waals surface area contributed by atoms with Crippen molar-refractivity contribution in [1.29, 1.82) is 0 Å². The minimum Gasteiger partial charge on any atom is -0.493 e. The first kappa shape index (κ1) is 17.5. The van der Waals surface area contributed by atoms with Crippen LogP contribution in [-0.2, 0) is 0 Å². The summed E-state index contributed by atoms with van der Waals surface area (Å²) in [6.45, 7) is 3.65. The molecule has 3 aromatic rings. The topological polar surface area (TPSA) is 77.2 Å². The van der Waals surface area contributed by atoms with Crippen molar-refractivity contribution < 1.29 is 14.3 Å². The first-order valence-corrected chi connectivity index (χ1v) is 8.06. The standard InChI is InChI=1S/C19H20N4O3/c1-12(14-8-9-15(25-3)16(11-14)26-4)21-22-19(24)18-13(2)23-10-6-5-7-17(23)20-18/h5-11H,1-4H3,(H,22,24)/b21-12+. The Bertz CT molecular complexity index is 992. The first-order valence-electron chi connectivity index (χ1n) is 8.06. The Morgan fingerprint density at radius 1 is 1.15 bits per heavy atom. The number of pyridine rings is 1. The van der Waals surface area contributed by atoms with Crippen LogP contribution in [0.5, 0.6) is 11.5 Å². The number of nitrogens with one attached hydrogen (secondary N) is 1. The molecule has 3 rings (SSSR count). The summed E-state index contributed by atoms with van der Waals surface area (Å²) in [6.07, 6.45) is 1.87. The van der Waals surface area contributed by atoms with Crippen LogP contribution in [0.15, 0.2) is 47.7 Å². The minimum atomic E-state index is -0.356. The highest BCUT2D eigenvalue weighted by Crippen LogP contribution is 2.27. The molecule has 0 radical (unpaired) electrons. The van der Waals surface area contributed by atoms with E-state index in [2.05, 4.69) is 15.5 Å². The van der Waals surface area contributed by atoms with E-state index in [-0.39, 0.29) is 5.91 Å². The van der Waals surface area contributed by atoms with Crippen LogP contribution >= 0.6 is 0 Å². The van der Waals surface area contributed by atoms with E-state index >= 15 is 0 Å². The van der Waals surface area contributed by atoms with E-state index in [0.29, 0.717) is 22.9 Å². The molecule has 26 heavy (non-hydrogen) atoms. The third kappa shape index (κ3) is 3.23. The summed E-state index contributed by atoms with van der Waals surface area (Å²) in [7, 11) is 3.15. The number of amides is 1. The second-order valence-corrected chi connectivity index (χ2v) is 5.68. The first-order chi connectivity index (χ1) is 12.5. The summed E-state index contributed by atoms with van der Waals surface area (Å²) >= 11 is 0. The smallest absolute Gasteiger partial charge is 0.291 e. The van der Waals surface area contributed by atoms with Gasteiger partial charge in [0.1, 0.15) is 5.65 Å². The molecule has 0 atom stereocenters. The Morgan fingerprint density at radius 3 is 2.62 bits per heavy atom. The van der Waals surface area contributed by atoms with E-state index in [1.165, 1.54) is 0 Å². The fourth-order valence-corrected chi connectivity index (χ4v) is 2.65. The van der Waals surface area contributed by atoms with E-state index in [1.807, 2.05) is 41.8 Å². The molecular formula is C19H20N4O3. The number of aryl methyl sites for hydroxylation is 1. The number of carbonyl (C=O) groups is 1. The normalized spacial score (nSPS) is 11.5. The van der Waals surface area contributed by atoms with Gasteiger partial charge in [-0.2, -0.15) is 5.10 Å². The molecule has 0 aliphatic carbocycles. The van der Waals surface area contributed by atoms with Gasteiger partial charge in [-0.3, -0.25) is 4.79 Å². The number of fused-ring (bicyclic) bond motifs is 1. The van der Waals surface area contributed by atoms with Crippen LogP contribution in [-0.4, -0.2) is 35.2 Å². The lowest BCUT2D eigenvalue weighted by atomic mass is 10.1. The van der Waals surface area contributed by atoms with Crippen molar-refractivity contribution in [1.82, 2.24) is 14.8 Å². The fourth-order valence-electron chi connectivity index (χ4n) is 2.65. The zero-order valence-corrected chi connectivity index (χ0v) is 15.1. The van der Waals surface area contributed by atoms with E-state index < -0.39 is 0 Å². The number of nitrogens with zero attached hydrogens (tertiary/aromatic N) is 3. The molecule has 7 heteroatoms. The third-order valence-corrected chi connectivity index (χ3v) is 4.11. The van der Waals surface area contributed by atoms with E-state index in [4.69, 9.17) is 9.47 Å². The fraction of sp³-hybridized carbons (Fsp3) is 0.211. The molecule has 0 spiro atoms. The van der Waals surface area contributed by atoms with Gasteiger partial charge in [0.15, 0.2) is 17.2 Å². The summed E-state index contributed by atoms with van der Waals surface area (Å²) < 4.78 is 12.4. The number of carbonyl (C=O) groups excluding carboxylic acids is 1. The lowest BCUT2D eigenvalue weighted by Gasteiger charge is -2.09. The summed E-state index contributed by atoms with van der Waals surface area (Å²) in [5.41, 5.74) is 5.85. The molecular weight excluding hydrogens is 332 g/mol. The predicted molar refractivity (Wildman–Crippen MR) is 99.2 cm³/mol. The molecule has 134 valence electrons. The maximum Gasteiger partial charge on any atom is 0.291 e. The maximum absolute atomic E-state index is 12.5. The van der Waals surface area contributed by atoms with Gasteiger partial charge < -0.3 is 13.9 Å². The van der Waals surface area contributed by atoms with E-state index in [9.17, 15) is 4.79 Å². The average Bonchev–Trinajstić information content (AvgIpc) is 3.02. The molecule has 0 bridgehead atoms. The monoisotopic (exact) mass is 352 g/mol. The summed E-state index contributed by atoms with van der Waals surface area (Å²) in [6, 6.07) is 11.1. The van der Waals surface area contributed by atoms with Crippen molar-refractivity contribution in [2.75, 3.05) is 14.2 Å². The number of hydrogen-bond donors (Lipinski definition) is 1. The van der Waals surface area contributed by atoms with Gasteiger partial charge in [0.2, 0.25) is 0 Å². The van der Waals surface area contributed by atoms with Crippen LogP contribution in [0.1, 0.15) is 28.7 Å². The number of methoxy groups -OCH3 is 2. The van der Waals surface area contributed by atoms with Gasteiger partial charge in [0.25, 0.3) is 5.91 Å². The molecule has 1 aromatic carbocycles. The SMILES string of the molecule is COc1ccc(/C(C)=N/NC(=O)c2nc3ccccn3c2C)cc1OC. The lowest BCUT2D eigenvalue weighted by Crippen LogP contribution is -2.20. The highest BCUT2D eigenvalue weighted by molar-refractivity contribution is 6.01. The van der Waals surface area contributed by atoms with Gasteiger partial charge >= 0.3 is 0 Å². The van der Waals surface area contributed by atoms with Crippen molar-refractivity contribution in [2.24, 2.45) is 5.10 Å². The van der Waals surface area contributed by atoms with Gasteiger partial charge in [0.05, 0.1) is 25.6 Å². The van der Waals surface area contributed by atoms with E-state index in [0.717, 1.165) is 16.9 Å². The van der Waals surface area contributed by atoms with Crippen LogP contribution in [0.4, 0.5) is 0 Å². The van der Waals surface area contributed by atoms with Crippen LogP contribution < -0.4 is 14.9 Å². The molecule has 7 nitrogen and oxygen atoms in total. The Labute approximate surface area is 151 Å². The molecule has 0 unspecified atom stereocenters. The third-order valence-electron chi connectivity index (χ3n) is 4.11. The predicted octanol–water partition coefficient (Wildman–Crippen LogP) is 2.81. The van der Waals surface area contributed by atoms with Gasteiger partial charge in [-0.1, -0.05) is 6.07 Å². The number of imidazole rings is 1. The molecule has 2 aromatic heterocycles. The quantitative estimate of drug-likeness (QED) is 0.566. The minimum absolute atomic E-state index is 0.347. The molecule has 1 amide bonds. The average molecular weight is 352 g/mol. The molecule has 0 fully saturated rings. The highest BCUT2D eigenvalue weighted by Gasteiger charge is 2.15. The van der Waals surface area contributed by atoms with Crippen LogP contribution in [0.2, 0.25) is 0 Å². The zero-order valence-electron chi connectivity index (χ0n) is 15.1. The summed E-state index contributed by atoms with van der Waals surface area (Å²) in [5.74, 6) is 0.876. The van der Waals surface area contributed by atoms with Gasteiger partial charge in [-0.05, 0) is 44.2 Å². The van der Waals surface area contributed by atoms with Gasteiger partial charge in [-0.15, -0.1) is 0 Å². The summed E-state index contributed by atoms with van der Waals surface area (Å²) in [4.78, 5) is 16.8. The van der Waals surface area contributed by atoms with Crippen LogP contribution in [0.3, 0.4) is 0 Å². The van der Waals surface area contributed by atoms with Gasteiger partial charge in [0, 0.05) is 11.8 Å². The number of benzene rings is 1. The van der Waals surface area contributed by atoms with E-state index in [1.54, 1.807) is 33.3 Å². The Morgan fingerprint density at radius 2 is 1.92 bits per heavy atom. The molecule has 0 aliphatic heterocycles. The number of ether oxygens (including phenoxy) is 2. The molecule has 0 aliphatic rings. The second kappa shape index (κ2) is 7.26. The molecule has 0 saturated carbocycles. The van der Waals surface area contributed by atoms with Crippen LogP contribution in [0.25, 0.3) is 5.65 Å². The van der Waals surface area contributed by atoms with Crippen molar-refractivity contribution >= 4 is 17.3 Å². The lowest BCUT2D eigenvalue weighted by molar-refractivity contribution is 0.0950.